The van der Waals surface area contributed by atoms with E-state index in [0.717, 1.165) is 22.1 Å². The first-order valence-corrected chi connectivity index (χ1v) is 6.43. The molecule has 3 nitrogen and oxygen atoms in total. The normalized spacial score (nSPS) is 13.5. The number of likely N-dealkylation sites (N-methyl/N-ethyl adjacent to an activating group) is 1. The topological polar surface area (TPSA) is 41.5 Å². The van der Waals surface area contributed by atoms with E-state index in [0.29, 0.717) is 0 Å². The molecule has 0 radical (unpaired) electrons. The van der Waals surface area contributed by atoms with E-state index >= 15 is 0 Å². The first-order chi connectivity index (χ1) is 8.95. The number of hydrogen-bond donors (Lipinski definition) is 2. The molecular weight excluding hydrogens is 238 g/mol. The van der Waals surface area contributed by atoms with Gasteiger partial charge < -0.3 is 15.2 Å². The summed E-state index contributed by atoms with van der Waals surface area (Å²) >= 11 is 0. The van der Waals surface area contributed by atoms with Gasteiger partial charge in [-0.2, -0.15) is 0 Å². The molecule has 0 fully saturated rings. The Morgan fingerprint density at radius 1 is 1.11 bits per heavy atom. The molecule has 0 aliphatic carbocycles. The van der Waals surface area contributed by atoms with Crippen molar-refractivity contribution in [3.8, 4) is 5.75 Å². The maximum Gasteiger partial charge on any atom is 0.119 e. The van der Waals surface area contributed by atoms with Crippen LogP contribution in [0, 0.1) is 0 Å². The van der Waals surface area contributed by atoms with Crippen molar-refractivity contribution >= 4 is 10.8 Å². The monoisotopic (exact) mass is 259 g/mol. The average molecular weight is 259 g/mol. The first-order valence-electron chi connectivity index (χ1n) is 6.43. The Morgan fingerprint density at radius 3 is 2.32 bits per heavy atom. The van der Waals surface area contributed by atoms with Crippen LogP contribution in [0.25, 0.3) is 10.8 Å². The highest BCUT2D eigenvalue weighted by molar-refractivity contribution is 5.84. The second-order valence-electron chi connectivity index (χ2n) is 5.35. The molecule has 0 heterocycles. The van der Waals surface area contributed by atoms with Crippen LogP contribution >= 0.6 is 0 Å². The third kappa shape index (κ3) is 2.88. The Labute approximate surface area is 114 Å². The lowest BCUT2D eigenvalue weighted by Gasteiger charge is -2.29. The molecule has 2 aromatic carbocycles. The van der Waals surface area contributed by atoms with Gasteiger partial charge in [0.25, 0.3) is 0 Å². The van der Waals surface area contributed by atoms with Gasteiger partial charge in [-0.1, -0.05) is 18.2 Å². The summed E-state index contributed by atoms with van der Waals surface area (Å²) in [6.45, 7) is 3.62. The zero-order valence-corrected chi connectivity index (χ0v) is 11.9. The fourth-order valence-corrected chi connectivity index (χ4v) is 2.48. The van der Waals surface area contributed by atoms with Crippen LogP contribution in [0.15, 0.2) is 36.4 Å². The number of rotatable bonds is 4. The molecule has 1 atom stereocenters. The number of fused-ring (bicyclic) bond motifs is 1. The van der Waals surface area contributed by atoms with E-state index in [-0.39, 0.29) is 6.04 Å². The van der Waals surface area contributed by atoms with Gasteiger partial charge in [0, 0.05) is 0 Å². The van der Waals surface area contributed by atoms with Gasteiger partial charge in [0.15, 0.2) is 0 Å². The highest BCUT2D eigenvalue weighted by Gasteiger charge is 2.26. The van der Waals surface area contributed by atoms with Gasteiger partial charge in [-0.05, 0) is 55.4 Å². The Morgan fingerprint density at radius 2 is 1.74 bits per heavy atom. The predicted octanol–water partition coefficient (Wildman–Crippen LogP) is 2.88. The molecule has 19 heavy (non-hydrogen) atoms. The number of ether oxygens (including phenoxy) is 1. The van der Waals surface area contributed by atoms with Crippen molar-refractivity contribution in [3.63, 3.8) is 0 Å². The van der Waals surface area contributed by atoms with Gasteiger partial charge in [0.2, 0.25) is 0 Å². The van der Waals surface area contributed by atoms with Gasteiger partial charge in [-0.15, -0.1) is 0 Å². The van der Waals surface area contributed by atoms with E-state index in [4.69, 9.17) is 4.74 Å². The quantitative estimate of drug-likeness (QED) is 0.887. The van der Waals surface area contributed by atoms with E-state index in [2.05, 4.69) is 17.4 Å². The van der Waals surface area contributed by atoms with Crippen LogP contribution in [0.4, 0.5) is 0 Å². The molecule has 1 unspecified atom stereocenters. The smallest absolute Gasteiger partial charge is 0.119 e. The van der Waals surface area contributed by atoms with Gasteiger partial charge >= 0.3 is 0 Å². The minimum Gasteiger partial charge on any atom is -0.497 e. The third-order valence-corrected chi connectivity index (χ3v) is 3.40. The second-order valence-corrected chi connectivity index (χ2v) is 5.35. The molecule has 0 spiro atoms. The number of hydrogen-bond acceptors (Lipinski definition) is 3. The molecule has 0 aliphatic heterocycles. The molecule has 0 bridgehead atoms. The number of aliphatic hydroxyl groups is 1. The lowest BCUT2D eigenvalue weighted by molar-refractivity contribution is 0.0401. The minimum atomic E-state index is -0.811. The highest BCUT2D eigenvalue weighted by atomic mass is 16.5. The van der Waals surface area contributed by atoms with Crippen LogP contribution in [0.1, 0.15) is 25.5 Å². The Hall–Kier alpha value is -1.58. The molecule has 2 aromatic rings. The summed E-state index contributed by atoms with van der Waals surface area (Å²) < 4.78 is 5.22. The number of nitrogens with one attached hydrogen (secondary N) is 1. The van der Waals surface area contributed by atoms with Crippen molar-refractivity contribution in [1.29, 1.82) is 0 Å². The summed E-state index contributed by atoms with van der Waals surface area (Å²) in [6, 6.07) is 12.1. The number of methoxy groups -OCH3 is 1. The van der Waals surface area contributed by atoms with Gasteiger partial charge in [-0.25, -0.2) is 0 Å². The molecule has 0 aromatic heterocycles. The van der Waals surface area contributed by atoms with Gasteiger partial charge in [0.1, 0.15) is 5.75 Å². The van der Waals surface area contributed by atoms with Crippen molar-refractivity contribution in [2.75, 3.05) is 14.2 Å². The maximum absolute atomic E-state index is 10.2. The summed E-state index contributed by atoms with van der Waals surface area (Å²) in [7, 11) is 3.53. The van der Waals surface area contributed by atoms with Crippen molar-refractivity contribution in [2.45, 2.75) is 25.5 Å². The van der Waals surface area contributed by atoms with E-state index in [9.17, 15) is 5.11 Å². The summed E-state index contributed by atoms with van der Waals surface area (Å²) in [4.78, 5) is 0. The predicted molar refractivity (Wildman–Crippen MR) is 78.6 cm³/mol. The molecular formula is C16H21NO2. The molecule has 3 heteroatoms. The Bertz CT molecular complexity index is 572. The first kappa shape index (κ1) is 13.8. The number of benzene rings is 2. The van der Waals surface area contributed by atoms with Crippen LogP contribution in [0.5, 0.6) is 5.75 Å². The summed E-state index contributed by atoms with van der Waals surface area (Å²) in [5.74, 6) is 0.855. The third-order valence-electron chi connectivity index (χ3n) is 3.40. The molecule has 0 amide bonds. The fraction of sp³-hybridized carbons (Fsp3) is 0.375. The fourth-order valence-electron chi connectivity index (χ4n) is 2.48. The van der Waals surface area contributed by atoms with Crippen LogP contribution in [0.3, 0.4) is 0 Å². The van der Waals surface area contributed by atoms with Crippen LogP contribution in [-0.2, 0) is 0 Å². The summed E-state index contributed by atoms with van der Waals surface area (Å²) in [5, 5.41) is 15.6. The molecule has 2 N–H and O–H groups in total. The standard InChI is InChI=1S/C16H21NO2/c1-16(2,18)15(17-3)13-6-5-12-10-14(19-4)8-7-11(12)9-13/h5-10,15,17-18H,1-4H3. The van der Waals surface area contributed by atoms with E-state index in [1.807, 2.05) is 45.2 Å². The zero-order valence-electron chi connectivity index (χ0n) is 11.9. The molecule has 0 saturated carbocycles. The van der Waals surface area contributed by atoms with Crippen molar-refractivity contribution < 1.29 is 9.84 Å². The minimum absolute atomic E-state index is 0.0981. The molecule has 0 aliphatic rings. The second kappa shape index (κ2) is 5.19. The molecule has 102 valence electrons. The lowest BCUT2D eigenvalue weighted by Crippen LogP contribution is -2.37. The highest BCUT2D eigenvalue weighted by Crippen LogP contribution is 2.29. The lowest BCUT2D eigenvalue weighted by atomic mass is 9.90. The van der Waals surface area contributed by atoms with E-state index in [1.165, 1.54) is 0 Å². The summed E-state index contributed by atoms with van der Waals surface area (Å²) in [6.07, 6.45) is 0. The van der Waals surface area contributed by atoms with Crippen molar-refractivity contribution in [2.24, 2.45) is 0 Å². The Balaban J connectivity index is 2.46. The van der Waals surface area contributed by atoms with Crippen LogP contribution in [-0.4, -0.2) is 24.9 Å². The Kier molecular flexibility index (Phi) is 3.78. The van der Waals surface area contributed by atoms with E-state index in [1.54, 1.807) is 7.11 Å². The van der Waals surface area contributed by atoms with Crippen molar-refractivity contribution in [3.05, 3.63) is 42.0 Å². The maximum atomic E-state index is 10.2. The largest absolute Gasteiger partial charge is 0.497 e. The zero-order chi connectivity index (χ0) is 14.0. The van der Waals surface area contributed by atoms with Gasteiger partial charge in [0.05, 0.1) is 18.8 Å². The molecule has 0 saturated heterocycles. The van der Waals surface area contributed by atoms with Crippen LogP contribution < -0.4 is 10.1 Å². The molecule has 2 rings (SSSR count). The van der Waals surface area contributed by atoms with Gasteiger partial charge in [-0.3, -0.25) is 0 Å². The van der Waals surface area contributed by atoms with Crippen molar-refractivity contribution in [1.82, 2.24) is 5.32 Å². The summed E-state index contributed by atoms with van der Waals surface area (Å²) in [5.41, 5.74) is 0.266. The average Bonchev–Trinajstić information content (AvgIpc) is 2.37. The van der Waals surface area contributed by atoms with E-state index < -0.39 is 5.60 Å². The van der Waals surface area contributed by atoms with Crippen LogP contribution in [0.2, 0.25) is 0 Å². The SMILES string of the molecule is CNC(c1ccc2cc(OC)ccc2c1)C(C)(C)O.